The van der Waals surface area contributed by atoms with Gasteiger partial charge in [-0.25, -0.2) is 29.5 Å². The summed E-state index contributed by atoms with van der Waals surface area (Å²) in [5.74, 6) is -0.993. The van der Waals surface area contributed by atoms with Crippen LogP contribution in [0.5, 0.6) is 0 Å². The number of anilines is 1. The Morgan fingerprint density at radius 3 is 2.30 bits per heavy atom. The van der Waals surface area contributed by atoms with Crippen LogP contribution in [0, 0.1) is 0 Å². The number of aromatic amines is 1. The van der Waals surface area contributed by atoms with Crippen molar-refractivity contribution in [1.29, 1.82) is 0 Å². The maximum absolute atomic E-state index is 12.9. The van der Waals surface area contributed by atoms with Crippen LogP contribution in [0.2, 0.25) is 0 Å². The van der Waals surface area contributed by atoms with Crippen LogP contribution in [0.1, 0.15) is 10.4 Å². The van der Waals surface area contributed by atoms with Crippen molar-refractivity contribution in [2.24, 2.45) is 16.0 Å². The largest absolute Gasteiger partial charge is 0.465 e. The number of hydrogen-bond donors (Lipinski definition) is 3. The molecule has 0 bridgehead atoms. The third-order valence-corrected chi connectivity index (χ3v) is 4.00. The monoisotopic (exact) mass is 450 g/mol. The summed E-state index contributed by atoms with van der Waals surface area (Å²) >= 11 is 0. The Bertz CT molecular complexity index is 1390. The molecule has 4 aromatic rings. The number of azo groups is 1. The molecule has 16 nitrogen and oxygen atoms in total. The average molecular weight is 450 g/mol. The first-order chi connectivity index (χ1) is 16.0. The second-order valence-corrected chi connectivity index (χ2v) is 6.05. The summed E-state index contributed by atoms with van der Waals surface area (Å²) in [6.07, 6.45) is 6.94. The summed E-state index contributed by atoms with van der Waals surface area (Å²) in [6.45, 7) is 0. The summed E-state index contributed by atoms with van der Waals surface area (Å²) in [7, 11) is 1.18. The van der Waals surface area contributed by atoms with Crippen molar-refractivity contribution in [1.82, 2.24) is 39.5 Å². The third kappa shape index (κ3) is 4.15. The first-order valence-corrected chi connectivity index (χ1v) is 9.04. The quantitative estimate of drug-likeness (QED) is 0.277. The minimum Gasteiger partial charge on any atom is -0.465 e. The highest BCUT2D eigenvalue weighted by Crippen LogP contribution is 2.26. The van der Waals surface area contributed by atoms with Gasteiger partial charge in [-0.2, -0.15) is 14.5 Å². The standard InChI is InChI=1S/C17H14N12O4/c1-33-14(31)9-8-23-28(16-19-4-2-5-20-16)12(9)26-25-10-11(24-15(18)32)27-29(13(10)30)17-21-6-3-7-22-17/h2-8,27H,1H3,(H3,18,24,32). The molecule has 0 aliphatic rings. The van der Waals surface area contributed by atoms with E-state index in [1.54, 1.807) is 12.1 Å². The molecule has 4 rings (SSSR count). The van der Waals surface area contributed by atoms with Gasteiger partial charge in [0, 0.05) is 24.8 Å². The number of hydrogen-bond acceptors (Lipinski definition) is 11. The van der Waals surface area contributed by atoms with Gasteiger partial charge in [0.15, 0.2) is 17.3 Å². The number of amides is 2. The molecule has 0 aliphatic heterocycles. The fraction of sp³-hybridized carbons (Fsp3) is 0.0588. The predicted molar refractivity (Wildman–Crippen MR) is 110 cm³/mol. The maximum Gasteiger partial charge on any atom is 0.343 e. The molecule has 16 heteroatoms. The Hall–Kier alpha value is -5.28. The maximum atomic E-state index is 12.9. The van der Waals surface area contributed by atoms with E-state index in [1.807, 2.05) is 0 Å². The van der Waals surface area contributed by atoms with Crippen LogP contribution in [0.4, 0.5) is 22.1 Å². The van der Waals surface area contributed by atoms with Gasteiger partial charge in [0.1, 0.15) is 5.56 Å². The first kappa shape index (κ1) is 21.0. The molecule has 2 amide bonds. The lowest BCUT2D eigenvalue weighted by atomic mass is 10.3. The number of esters is 1. The fourth-order valence-corrected chi connectivity index (χ4v) is 2.62. The minimum atomic E-state index is -0.966. The van der Waals surface area contributed by atoms with E-state index in [9.17, 15) is 14.4 Å². The number of nitrogens with zero attached hydrogens (tertiary/aromatic N) is 9. The number of rotatable bonds is 6. The molecule has 0 aromatic carbocycles. The van der Waals surface area contributed by atoms with Crippen LogP contribution in [-0.2, 0) is 4.74 Å². The van der Waals surface area contributed by atoms with Crippen molar-refractivity contribution in [3.05, 3.63) is 59.0 Å². The van der Waals surface area contributed by atoms with Crippen LogP contribution in [-0.4, -0.2) is 58.6 Å². The second kappa shape index (κ2) is 8.84. The zero-order chi connectivity index (χ0) is 23.4. The van der Waals surface area contributed by atoms with Gasteiger partial charge >= 0.3 is 17.6 Å². The summed E-state index contributed by atoms with van der Waals surface area (Å²) in [5, 5.41) is 16.8. The fourth-order valence-electron chi connectivity index (χ4n) is 2.62. The third-order valence-electron chi connectivity index (χ3n) is 4.00. The van der Waals surface area contributed by atoms with Gasteiger partial charge in [-0.3, -0.25) is 15.2 Å². The molecule has 33 heavy (non-hydrogen) atoms. The number of nitrogens with one attached hydrogen (secondary N) is 2. The molecule has 4 N–H and O–H groups in total. The Morgan fingerprint density at radius 2 is 1.70 bits per heavy atom. The van der Waals surface area contributed by atoms with Crippen molar-refractivity contribution in [3.63, 3.8) is 0 Å². The van der Waals surface area contributed by atoms with E-state index >= 15 is 0 Å². The lowest BCUT2D eigenvalue weighted by molar-refractivity contribution is 0.0601. The smallest absolute Gasteiger partial charge is 0.343 e. The molecule has 4 aromatic heterocycles. The van der Waals surface area contributed by atoms with Crippen LogP contribution >= 0.6 is 0 Å². The molecule has 0 fully saturated rings. The van der Waals surface area contributed by atoms with Gasteiger partial charge in [0.05, 0.1) is 13.3 Å². The number of carbonyl (C=O) groups excluding carboxylic acids is 2. The van der Waals surface area contributed by atoms with Gasteiger partial charge in [0.2, 0.25) is 0 Å². The predicted octanol–water partition coefficient (Wildman–Crippen LogP) is 0.624. The molecular formula is C17H14N12O4. The average Bonchev–Trinajstić information content (AvgIpc) is 3.39. The molecule has 0 atom stereocenters. The second-order valence-electron chi connectivity index (χ2n) is 6.05. The van der Waals surface area contributed by atoms with Gasteiger partial charge in [-0.1, -0.05) is 0 Å². The molecule has 0 saturated heterocycles. The van der Waals surface area contributed by atoms with Crippen LogP contribution in [0.25, 0.3) is 11.9 Å². The molecular weight excluding hydrogens is 436 g/mol. The van der Waals surface area contributed by atoms with E-state index in [4.69, 9.17) is 10.5 Å². The van der Waals surface area contributed by atoms with E-state index in [1.165, 1.54) is 38.1 Å². The van der Waals surface area contributed by atoms with E-state index in [-0.39, 0.29) is 34.8 Å². The van der Waals surface area contributed by atoms with E-state index < -0.39 is 17.6 Å². The molecule has 166 valence electrons. The summed E-state index contributed by atoms with van der Waals surface area (Å²) < 4.78 is 6.80. The number of carbonyl (C=O) groups is 2. The lowest BCUT2D eigenvalue weighted by Crippen LogP contribution is -2.19. The van der Waals surface area contributed by atoms with Crippen molar-refractivity contribution < 1.29 is 14.3 Å². The highest BCUT2D eigenvalue weighted by molar-refractivity contribution is 5.94. The van der Waals surface area contributed by atoms with E-state index in [0.717, 1.165) is 9.36 Å². The summed E-state index contributed by atoms with van der Waals surface area (Å²) in [4.78, 5) is 52.6. The Balaban J connectivity index is 1.85. The van der Waals surface area contributed by atoms with Crippen LogP contribution < -0.4 is 16.6 Å². The number of H-pyrrole nitrogens is 1. The lowest BCUT2D eigenvalue weighted by Gasteiger charge is -2.02. The highest BCUT2D eigenvalue weighted by atomic mass is 16.5. The van der Waals surface area contributed by atoms with Gasteiger partial charge in [-0.15, -0.1) is 10.2 Å². The molecule has 4 heterocycles. The van der Waals surface area contributed by atoms with Crippen molar-refractivity contribution in [3.8, 4) is 11.9 Å². The zero-order valence-corrected chi connectivity index (χ0v) is 16.8. The zero-order valence-electron chi connectivity index (χ0n) is 16.8. The number of ether oxygens (including phenoxy) is 1. The number of aromatic nitrogens is 8. The van der Waals surface area contributed by atoms with Crippen LogP contribution in [0.15, 0.2) is 58.1 Å². The summed E-state index contributed by atoms with van der Waals surface area (Å²) in [6, 6.07) is 2.18. The van der Waals surface area contributed by atoms with Gasteiger partial charge in [-0.05, 0) is 12.1 Å². The topological polar surface area (TPSA) is 213 Å². The van der Waals surface area contributed by atoms with E-state index in [0.29, 0.717) is 0 Å². The number of methoxy groups -OCH3 is 1. The number of nitrogens with two attached hydrogens (primary N) is 1. The molecule has 0 saturated carbocycles. The molecule has 0 radical (unpaired) electrons. The Kier molecular flexibility index (Phi) is 5.62. The normalized spacial score (nSPS) is 10.9. The summed E-state index contributed by atoms with van der Waals surface area (Å²) in [5.41, 5.74) is 4.02. The highest BCUT2D eigenvalue weighted by Gasteiger charge is 2.22. The Labute approximate surface area is 183 Å². The molecule has 0 aliphatic carbocycles. The SMILES string of the molecule is COC(=O)c1cnn(-c2ncccn2)c1N=Nc1c(NC(N)=O)[nH]n(-c2ncccn2)c1=O. The van der Waals surface area contributed by atoms with Crippen molar-refractivity contribution >= 4 is 29.3 Å². The number of urea groups is 1. The van der Waals surface area contributed by atoms with Crippen molar-refractivity contribution in [2.45, 2.75) is 0 Å². The minimum absolute atomic E-state index is 0.0190. The van der Waals surface area contributed by atoms with Gasteiger partial charge in [0.25, 0.3) is 11.9 Å². The number of primary amides is 1. The molecule has 0 spiro atoms. The van der Waals surface area contributed by atoms with Crippen molar-refractivity contribution in [2.75, 3.05) is 12.4 Å². The molecule has 0 unspecified atom stereocenters. The van der Waals surface area contributed by atoms with Crippen LogP contribution in [0.3, 0.4) is 0 Å². The van der Waals surface area contributed by atoms with E-state index in [2.05, 4.69) is 45.7 Å². The first-order valence-electron chi connectivity index (χ1n) is 9.04. The van der Waals surface area contributed by atoms with Gasteiger partial charge < -0.3 is 10.5 Å². The Morgan fingerprint density at radius 1 is 1.06 bits per heavy atom.